The number of piperidine rings is 1. The number of carbonyl (C=O) groups excluding carboxylic acids is 2. The van der Waals surface area contributed by atoms with E-state index in [1.165, 1.54) is 31.4 Å². The number of nitrogens with one attached hydrogen (secondary N) is 2. The molecular formula is C20H28FN3O2. The van der Waals surface area contributed by atoms with Crippen molar-refractivity contribution in [1.29, 1.82) is 0 Å². The highest BCUT2D eigenvalue weighted by atomic mass is 19.1. The van der Waals surface area contributed by atoms with E-state index in [-0.39, 0.29) is 30.2 Å². The molecule has 0 unspecified atom stereocenters. The molecule has 26 heavy (non-hydrogen) atoms. The van der Waals surface area contributed by atoms with Crippen molar-refractivity contribution in [2.45, 2.75) is 63.5 Å². The van der Waals surface area contributed by atoms with Crippen LogP contribution in [0.1, 0.15) is 50.5 Å². The number of halogens is 1. The molecule has 6 heteroatoms. The molecule has 0 spiro atoms. The molecule has 1 heterocycles. The molecule has 2 fully saturated rings. The average Bonchev–Trinajstić information content (AvgIpc) is 2.63. The minimum absolute atomic E-state index is 0.0145. The fourth-order valence-corrected chi connectivity index (χ4v) is 3.87. The molecular weight excluding hydrogens is 333 g/mol. The number of hydrogen-bond acceptors (Lipinski definition) is 2. The topological polar surface area (TPSA) is 61.4 Å². The molecule has 3 rings (SSSR count). The first-order valence-electron chi connectivity index (χ1n) is 9.69. The van der Waals surface area contributed by atoms with E-state index in [9.17, 15) is 14.0 Å². The van der Waals surface area contributed by atoms with Gasteiger partial charge in [-0.25, -0.2) is 9.18 Å². The fourth-order valence-electron chi connectivity index (χ4n) is 3.87. The van der Waals surface area contributed by atoms with Gasteiger partial charge in [0.2, 0.25) is 5.91 Å². The maximum Gasteiger partial charge on any atom is 0.315 e. The molecule has 1 aromatic rings. The van der Waals surface area contributed by atoms with Gasteiger partial charge in [-0.15, -0.1) is 0 Å². The summed E-state index contributed by atoms with van der Waals surface area (Å²) < 4.78 is 13.2. The maximum absolute atomic E-state index is 13.2. The first-order valence-corrected chi connectivity index (χ1v) is 9.69. The van der Waals surface area contributed by atoms with Crippen molar-refractivity contribution in [3.05, 3.63) is 35.6 Å². The van der Waals surface area contributed by atoms with Gasteiger partial charge in [-0.3, -0.25) is 4.79 Å². The van der Waals surface area contributed by atoms with Crippen molar-refractivity contribution in [2.24, 2.45) is 0 Å². The van der Waals surface area contributed by atoms with Crippen molar-refractivity contribution >= 4 is 11.9 Å². The fraction of sp³-hybridized carbons (Fsp3) is 0.600. The molecule has 142 valence electrons. The summed E-state index contributed by atoms with van der Waals surface area (Å²) in [4.78, 5) is 26.3. The van der Waals surface area contributed by atoms with Crippen LogP contribution >= 0.6 is 0 Å². The molecule has 0 atom stereocenters. The van der Waals surface area contributed by atoms with Gasteiger partial charge >= 0.3 is 6.03 Å². The Bertz CT molecular complexity index is 623. The predicted molar refractivity (Wildman–Crippen MR) is 98.2 cm³/mol. The molecule has 1 aliphatic heterocycles. The lowest BCUT2D eigenvalue weighted by molar-refractivity contribution is -0.131. The van der Waals surface area contributed by atoms with Crippen LogP contribution in [0.2, 0.25) is 0 Å². The molecule has 2 aliphatic rings. The quantitative estimate of drug-likeness (QED) is 0.866. The zero-order valence-electron chi connectivity index (χ0n) is 15.2. The van der Waals surface area contributed by atoms with Crippen LogP contribution in [0.25, 0.3) is 0 Å². The smallest absolute Gasteiger partial charge is 0.315 e. The molecule has 1 aromatic carbocycles. The van der Waals surface area contributed by atoms with E-state index >= 15 is 0 Å². The number of hydrogen-bond donors (Lipinski definition) is 2. The molecule has 0 bridgehead atoms. The third-order valence-electron chi connectivity index (χ3n) is 5.37. The van der Waals surface area contributed by atoms with Gasteiger partial charge < -0.3 is 15.5 Å². The zero-order valence-corrected chi connectivity index (χ0v) is 15.2. The molecule has 1 saturated heterocycles. The SMILES string of the molecule is O=C(NC1CCCCC1)NC1CCN(C(=O)Cc2cccc(F)c2)CC1. The molecule has 0 aromatic heterocycles. The van der Waals surface area contributed by atoms with Gasteiger partial charge in [-0.2, -0.15) is 0 Å². The Morgan fingerprint density at radius 1 is 1.00 bits per heavy atom. The number of urea groups is 1. The Morgan fingerprint density at radius 3 is 2.31 bits per heavy atom. The lowest BCUT2D eigenvalue weighted by atomic mass is 9.96. The summed E-state index contributed by atoms with van der Waals surface area (Å²) in [6, 6.07) is 6.50. The van der Waals surface area contributed by atoms with Crippen LogP contribution in [0.5, 0.6) is 0 Å². The summed E-state index contributed by atoms with van der Waals surface area (Å²) >= 11 is 0. The lowest BCUT2D eigenvalue weighted by Gasteiger charge is -2.33. The van der Waals surface area contributed by atoms with E-state index in [1.807, 2.05) is 4.90 Å². The molecule has 2 N–H and O–H groups in total. The zero-order chi connectivity index (χ0) is 18.4. The van der Waals surface area contributed by atoms with E-state index in [2.05, 4.69) is 10.6 Å². The number of amides is 3. The summed E-state index contributed by atoms with van der Waals surface area (Å²) in [7, 11) is 0. The van der Waals surface area contributed by atoms with Crippen molar-refractivity contribution in [1.82, 2.24) is 15.5 Å². The second-order valence-electron chi connectivity index (χ2n) is 7.41. The summed E-state index contributed by atoms with van der Waals surface area (Å²) in [6.07, 6.45) is 7.52. The monoisotopic (exact) mass is 361 g/mol. The van der Waals surface area contributed by atoms with Gasteiger partial charge in [0.25, 0.3) is 0 Å². The summed E-state index contributed by atoms with van der Waals surface area (Å²) in [5.41, 5.74) is 0.696. The van der Waals surface area contributed by atoms with Crippen molar-refractivity contribution in [2.75, 3.05) is 13.1 Å². The highest BCUT2D eigenvalue weighted by molar-refractivity contribution is 5.79. The van der Waals surface area contributed by atoms with Gasteiger partial charge in [0.15, 0.2) is 0 Å². The largest absolute Gasteiger partial charge is 0.342 e. The third-order valence-corrected chi connectivity index (χ3v) is 5.37. The normalized spacial score (nSPS) is 19.2. The van der Waals surface area contributed by atoms with Crippen LogP contribution in [0.3, 0.4) is 0 Å². The van der Waals surface area contributed by atoms with E-state index in [4.69, 9.17) is 0 Å². The van der Waals surface area contributed by atoms with Gasteiger partial charge in [0.1, 0.15) is 5.82 Å². The maximum atomic E-state index is 13.2. The van der Waals surface area contributed by atoms with Gasteiger partial charge in [-0.05, 0) is 43.4 Å². The number of rotatable bonds is 4. The van der Waals surface area contributed by atoms with Crippen molar-refractivity contribution < 1.29 is 14.0 Å². The molecule has 1 saturated carbocycles. The minimum Gasteiger partial charge on any atom is -0.342 e. The van der Waals surface area contributed by atoms with Gasteiger partial charge in [0, 0.05) is 25.2 Å². The summed E-state index contributed by atoms with van der Waals surface area (Å²) in [5, 5.41) is 6.12. The molecule has 5 nitrogen and oxygen atoms in total. The van der Waals surface area contributed by atoms with Gasteiger partial charge in [-0.1, -0.05) is 31.4 Å². The second kappa shape index (κ2) is 9.01. The third kappa shape index (κ3) is 5.44. The summed E-state index contributed by atoms with van der Waals surface area (Å²) in [5.74, 6) is -0.303. The van der Waals surface area contributed by atoms with E-state index in [1.54, 1.807) is 12.1 Å². The minimum atomic E-state index is -0.317. The predicted octanol–water partition coefficient (Wildman–Crippen LogP) is 2.99. The average molecular weight is 361 g/mol. The number of nitrogens with zero attached hydrogens (tertiary/aromatic N) is 1. The molecule has 0 radical (unpaired) electrons. The Kier molecular flexibility index (Phi) is 6.47. The highest BCUT2D eigenvalue weighted by Crippen LogP contribution is 2.17. The van der Waals surface area contributed by atoms with Crippen LogP contribution in [-0.4, -0.2) is 42.0 Å². The van der Waals surface area contributed by atoms with Crippen LogP contribution < -0.4 is 10.6 Å². The first kappa shape index (κ1) is 18.7. The second-order valence-corrected chi connectivity index (χ2v) is 7.41. The van der Waals surface area contributed by atoms with E-state index in [0.717, 1.165) is 25.7 Å². The Labute approximate surface area is 154 Å². The lowest BCUT2D eigenvalue weighted by Crippen LogP contribution is -2.51. The van der Waals surface area contributed by atoms with Crippen molar-refractivity contribution in [3.63, 3.8) is 0 Å². The number of carbonyl (C=O) groups is 2. The highest BCUT2D eigenvalue weighted by Gasteiger charge is 2.24. The van der Waals surface area contributed by atoms with E-state index < -0.39 is 0 Å². The van der Waals surface area contributed by atoms with E-state index in [0.29, 0.717) is 24.7 Å². The first-order chi connectivity index (χ1) is 12.6. The Hall–Kier alpha value is -2.11. The Morgan fingerprint density at radius 2 is 1.65 bits per heavy atom. The molecule has 1 aliphatic carbocycles. The summed E-state index contributed by atoms with van der Waals surface area (Å²) in [6.45, 7) is 1.26. The van der Waals surface area contributed by atoms with Crippen LogP contribution in [0, 0.1) is 5.82 Å². The molecule has 3 amide bonds. The van der Waals surface area contributed by atoms with Crippen LogP contribution in [-0.2, 0) is 11.2 Å². The number of benzene rings is 1. The number of likely N-dealkylation sites (tertiary alicyclic amines) is 1. The standard InChI is InChI=1S/C20H28FN3O2/c21-16-6-4-5-15(13-16)14-19(25)24-11-9-18(10-12-24)23-20(26)22-17-7-2-1-3-8-17/h4-6,13,17-18H,1-3,7-12,14H2,(H2,22,23,26). The van der Waals surface area contributed by atoms with Crippen LogP contribution in [0.4, 0.5) is 9.18 Å². The van der Waals surface area contributed by atoms with Crippen molar-refractivity contribution in [3.8, 4) is 0 Å². The van der Waals surface area contributed by atoms with Crippen LogP contribution in [0.15, 0.2) is 24.3 Å². The van der Waals surface area contributed by atoms with Gasteiger partial charge in [0.05, 0.1) is 6.42 Å². The Balaban J connectivity index is 1.39.